The molecule has 2 aliphatic rings. The number of ether oxygens (including phenoxy) is 2. The lowest BCUT2D eigenvalue weighted by atomic mass is 10.1. The Kier molecular flexibility index (Phi) is 6.63. The van der Waals surface area contributed by atoms with Crippen LogP contribution in [0.25, 0.3) is 5.69 Å². The Morgan fingerprint density at radius 1 is 1.03 bits per heavy atom. The van der Waals surface area contributed by atoms with Crippen LogP contribution in [-0.2, 0) is 9.59 Å². The molecule has 2 amide bonds. The number of rotatable bonds is 5. The third-order valence-corrected chi connectivity index (χ3v) is 7.11. The van der Waals surface area contributed by atoms with Crippen LogP contribution in [0.1, 0.15) is 11.1 Å². The van der Waals surface area contributed by atoms with Crippen LogP contribution in [0.15, 0.2) is 53.9 Å². The number of piperazine rings is 1. The summed E-state index contributed by atoms with van der Waals surface area (Å²) in [5.41, 5.74) is 3.31. The molecule has 0 saturated carbocycles. The summed E-state index contributed by atoms with van der Waals surface area (Å²) in [7, 11) is 0. The first kappa shape index (κ1) is 23.2. The number of hydrogen-bond donors (Lipinski definition) is 0. The van der Waals surface area contributed by atoms with Crippen molar-refractivity contribution in [1.82, 2.24) is 24.6 Å². The fourth-order valence-corrected chi connectivity index (χ4v) is 5.13. The summed E-state index contributed by atoms with van der Waals surface area (Å²) in [5.74, 6) is 1.40. The second kappa shape index (κ2) is 9.99. The van der Waals surface area contributed by atoms with E-state index in [-0.39, 0.29) is 24.2 Å². The number of nitrogens with zero attached hydrogens (tertiary/aromatic N) is 5. The maximum Gasteiger partial charge on any atom is 0.267 e. The molecule has 2 aromatic carbocycles. The first-order valence-corrected chi connectivity index (χ1v) is 12.5. The third-order valence-electron chi connectivity index (χ3n) is 6.18. The molecule has 2 aliphatic heterocycles. The fraction of sp³-hybridized carbons (Fsp3) is 0.360. The van der Waals surface area contributed by atoms with E-state index in [0.717, 1.165) is 11.3 Å². The number of aromatic nitrogens is 3. The number of carbonyl (C=O) groups excluding carboxylic acids is 2. The number of benzene rings is 2. The van der Waals surface area contributed by atoms with Gasteiger partial charge in [-0.25, -0.2) is 0 Å². The third kappa shape index (κ3) is 4.97. The number of amides is 2. The van der Waals surface area contributed by atoms with Gasteiger partial charge < -0.3 is 19.3 Å². The second-order valence-corrected chi connectivity index (χ2v) is 9.57. The van der Waals surface area contributed by atoms with E-state index >= 15 is 0 Å². The molecule has 1 saturated heterocycles. The van der Waals surface area contributed by atoms with Gasteiger partial charge >= 0.3 is 0 Å². The summed E-state index contributed by atoms with van der Waals surface area (Å²) in [6.07, 6.45) is 1.00. The number of fused-ring (bicyclic) bond motifs is 1. The van der Waals surface area contributed by atoms with E-state index in [2.05, 4.69) is 23.2 Å². The van der Waals surface area contributed by atoms with E-state index in [4.69, 9.17) is 9.47 Å². The molecule has 1 atom stereocenters. The second-order valence-electron chi connectivity index (χ2n) is 8.63. The van der Waals surface area contributed by atoms with Gasteiger partial charge in [-0.3, -0.25) is 14.2 Å². The van der Waals surface area contributed by atoms with Gasteiger partial charge in [0.15, 0.2) is 16.7 Å². The van der Waals surface area contributed by atoms with Crippen molar-refractivity contribution in [3.05, 3.63) is 59.9 Å². The molecule has 0 spiro atoms. The van der Waals surface area contributed by atoms with Gasteiger partial charge in [0.25, 0.3) is 5.91 Å². The Morgan fingerprint density at radius 3 is 2.54 bits per heavy atom. The highest BCUT2D eigenvalue weighted by atomic mass is 32.2. The van der Waals surface area contributed by atoms with Crippen molar-refractivity contribution in [3.63, 3.8) is 0 Å². The summed E-state index contributed by atoms with van der Waals surface area (Å²) >= 11 is 1.37. The highest BCUT2D eigenvalue weighted by molar-refractivity contribution is 7.99. The number of para-hydroxylation sites is 2. The van der Waals surface area contributed by atoms with Crippen LogP contribution in [0, 0.1) is 13.8 Å². The van der Waals surface area contributed by atoms with Gasteiger partial charge in [0.1, 0.15) is 12.9 Å². The summed E-state index contributed by atoms with van der Waals surface area (Å²) in [6, 6.07) is 13.5. The molecule has 0 radical (unpaired) electrons. The molecule has 1 aromatic heterocycles. The van der Waals surface area contributed by atoms with E-state index in [1.165, 1.54) is 17.3 Å². The van der Waals surface area contributed by atoms with Crippen molar-refractivity contribution in [2.45, 2.75) is 25.1 Å². The molecule has 5 rings (SSSR count). The lowest BCUT2D eigenvalue weighted by molar-refractivity contribution is -0.145. The molecule has 182 valence electrons. The topological polar surface area (TPSA) is 89.8 Å². The summed E-state index contributed by atoms with van der Waals surface area (Å²) in [6.45, 7) is 6.20. The smallest absolute Gasteiger partial charge is 0.267 e. The number of aryl methyl sites for hydroxylation is 2. The van der Waals surface area contributed by atoms with Crippen LogP contribution < -0.4 is 9.47 Å². The van der Waals surface area contributed by atoms with Crippen molar-refractivity contribution >= 4 is 23.6 Å². The van der Waals surface area contributed by atoms with E-state index in [1.54, 1.807) is 22.2 Å². The van der Waals surface area contributed by atoms with Gasteiger partial charge in [0.05, 0.1) is 11.4 Å². The lowest BCUT2D eigenvalue weighted by Gasteiger charge is -2.37. The van der Waals surface area contributed by atoms with Gasteiger partial charge in [-0.15, -0.1) is 10.2 Å². The Labute approximate surface area is 208 Å². The predicted octanol–water partition coefficient (Wildman–Crippen LogP) is 2.49. The van der Waals surface area contributed by atoms with E-state index in [1.807, 2.05) is 41.8 Å². The number of hydrogen-bond acceptors (Lipinski definition) is 7. The van der Waals surface area contributed by atoms with Crippen molar-refractivity contribution in [3.8, 4) is 17.2 Å². The molecule has 3 aromatic rings. The van der Waals surface area contributed by atoms with E-state index in [9.17, 15) is 9.59 Å². The monoisotopic (exact) mass is 493 g/mol. The number of thioether (sulfide) groups is 1. The quantitative estimate of drug-likeness (QED) is 0.505. The number of carbonyl (C=O) groups is 2. The molecule has 3 heterocycles. The molecule has 0 bridgehead atoms. The molecule has 9 nitrogen and oxygen atoms in total. The van der Waals surface area contributed by atoms with Crippen LogP contribution in [-0.4, -0.2) is 81.0 Å². The molecule has 0 aliphatic carbocycles. The van der Waals surface area contributed by atoms with Crippen LogP contribution in [0.3, 0.4) is 0 Å². The highest BCUT2D eigenvalue weighted by Gasteiger charge is 2.33. The lowest BCUT2D eigenvalue weighted by Crippen LogP contribution is -2.55. The van der Waals surface area contributed by atoms with Gasteiger partial charge in [-0.1, -0.05) is 41.6 Å². The zero-order valence-corrected chi connectivity index (χ0v) is 20.5. The van der Waals surface area contributed by atoms with Crippen LogP contribution in [0.5, 0.6) is 11.5 Å². The fourth-order valence-electron chi connectivity index (χ4n) is 4.30. The van der Waals surface area contributed by atoms with Crippen molar-refractivity contribution in [2.75, 3.05) is 38.5 Å². The van der Waals surface area contributed by atoms with Gasteiger partial charge in [0.2, 0.25) is 12.0 Å². The Balaban J connectivity index is 1.13. The minimum Gasteiger partial charge on any atom is -0.485 e. The predicted molar refractivity (Wildman–Crippen MR) is 131 cm³/mol. The van der Waals surface area contributed by atoms with E-state index in [0.29, 0.717) is 42.8 Å². The maximum atomic E-state index is 12.9. The van der Waals surface area contributed by atoms with Gasteiger partial charge in [-0.2, -0.15) is 0 Å². The zero-order chi connectivity index (χ0) is 24.4. The maximum absolute atomic E-state index is 12.9. The van der Waals surface area contributed by atoms with Gasteiger partial charge in [0, 0.05) is 26.2 Å². The van der Waals surface area contributed by atoms with Gasteiger partial charge in [-0.05, 0) is 37.6 Å². The first-order valence-electron chi connectivity index (χ1n) is 11.5. The molecular formula is C25H27N5O4S. The normalized spacial score (nSPS) is 17.4. The van der Waals surface area contributed by atoms with Crippen molar-refractivity contribution < 1.29 is 19.1 Å². The molecule has 10 heteroatoms. The Bertz CT molecular complexity index is 1240. The summed E-state index contributed by atoms with van der Waals surface area (Å²) in [5, 5.41) is 8.92. The average Bonchev–Trinajstić information content (AvgIpc) is 3.35. The molecule has 0 N–H and O–H groups in total. The van der Waals surface area contributed by atoms with Crippen molar-refractivity contribution in [1.29, 1.82) is 0 Å². The zero-order valence-electron chi connectivity index (χ0n) is 19.7. The summed E-state index contributed by atoms with van der Waals surface area (Å²) in [4.78, 5) is 29.3. The van der Waals surface area contributed by atoms with Crippen molar-refractivity contribution in [2.24, 2.45) is 0 Å². The Hall–Kier alpha value is -3.53. The van der Waals surface area contributed by atoms with Crippen LogP contribution >= 0.6 is 11.8 Å². The molecule has 1 fully saturated rings. The molecule has 0 unspecified atom stereocenters. The highest BCUT2D eigenvalue weighted by Crippen LogP contribution is 2.31. The molecular weight excluding hydrogens is 466 g/mol. The van der Waals surface area contributed by atoms with Crippen LogP contribution in [0.2, 0.25) is 0 Å². The Morgan fingerprint density at radius 2 is 1.77 bits per heavy atom. The van der Waals surface area contributed by atoms with Crippen LogP contribution in [0.4, 0.5) is 0 Å². The SMILES string of the molecule is Cc1ccc(-n2cnnc2SCC(=O)N2CCN(C(=O)[C@@H]3COc4ccccc4O3)CC2)c(C)c1. The summed E-state index contributed by atoms with van der Waals surface area (Å²) < 4.78 is 13.4. The largest absolute Gasteiger partial charge is 0.485 e. The van der Waals surface area contributed by atoms with E-state index < -0.39 is 6.10 Å². The molecule has 35 heavy (non-hydrogen) atoms. The first-order chi connectivity index (χ1) is 17.0. The standard InChI is InChI=1S/C25H27N5O4S/c1-17-7-8-19(18(2)13-17)30-16-26-27-25(30)35-15-23(31)28-9-11-29(12-10-28)24(32)22-14-33-20-5-3-4-6-21(20)34-22/h3-8,13,16,22H,9-12,14-15H2,1-2H3/t22-/m0/s1. The average molecular weight is 494 g/mol. The minimum absolute atomic E-state index is 0.0171. The minimum atomic E-state index is -0.667.